The van der Waals surface area contributed by atoms with Crippen molar-refractivity contribution in [2.45, 2.75) is 0 Å². The van der Waals surface area contributed by atoms with E-state index in [1.54, 1.807) is 12.4 Å². The lowest BCUT2D eigenvalue weighted by atomic mass is 9.96. The molecule has 0 atom stereocenters. The summed E-state index contributed by atoms with van der Waals surface area (Å²) in [4.78, 5) is 29.0. The van der Waals surface area contributed by atoms with Gasteiger partial charge in [0.1, 0.15) is 0 Å². The molecule has 6 nitrogen and oxygen atoms in total. The minimum Gasteiger partial charge on any atom is -0.255 e. The molecule has 0 N–H and O–H groups in total. The Morgan fingerprint density at radius 1 is 0.450 bits per heavy atom. The van der Waals surface area contributed by atoms with Crippen LogP contribution in [0.25, 0.3) is 77.5 Å². The number of fused-ring (bicyclic) bond motifs is 7. The van der Waals surface area contributed by atoms with Crippen molar-refractivity contribution in [2.75, 3.05) is 0 Å². The zero-order valence-electron chi connectivity index (χ0n) is 21.2. The van der Waals surface area contributed by atoms with Crippen molar-refractivity contribution in [3.05, 3.63) is 122 Å². The molecule has 0 unspecified atom stereocenters. The number of benzene rings is 2. The molecule has 0 aliphatic heterocycles. The van der Waals surface area contributed by atoms with Crippen LogP contribution in [0, 0.1) is 0 Å². The summed E-state index contributed by atoms with van der Waals surface area (Å²) in [6, 6.07) is 32.3. The highest BCUT2D eigenvalue weighted by atomic mass is 14.8. The summed E-state index contributed by atoms with van der Waals surface area (Å²) in [6.07, 6.45) is 7.34. The van der Waals surface area contributed by atoms with Gasteiger partial charge in [-0.2, -0.15) is 0 Å². The normalized spacial score (nSPS) is 11.5. The molecule has 0 saturated heterocycles. The van der Waals surface area contributed by atoms with E-state index in [2.05, 4.69) is 51.4 Å². The van der Waals surface area contributed by atoms with Crippen LogP contribution >= 0.6 is 0 Å². The van der Waals surface area contributed by atoms with E-state index in [0.29, 0.717) is 0 Å². The smallest absolute Gasteiger partial charge is 0.0971 e. The molecule has 6 aromatic heterocycles. The molecule has 186 valence electrons. The van der Waals surface area contributed by atoms with Gasteiger partial charge in [0, 0.05) is 57.3 Å². The molecule has 6 heteroatoms. The number of para-hydroxylation sites is 1. The predicted octanol–water partition coefficient (Wildman–Crippen LogP) is 7.67. The summed E-state index contributed by atoms with van der Waals surface area (Å²) >= 11 is 0. The third-order valence-electron chi connectivity index (χ3n) is 7.23. The standard InChI is InChI=1S/C34H20N6/c1-2-10-26-23(9-1)25-20-38-34-24(14-13-21-8-7-17-37-33(21)34)31(25)32(40-26)22-18-29(27-11-3-5-15-35-27)39-30(19-22)28-12-4-6-16-36-28/h1-20H. The van der Waals surface area contributed by atoms with Gasteiger partial charge in [-0.05, 0) is 48.5 Å². The molecular formula is C34H20N6. The second-order valence-electron chi connectivity index (χ2n) is 9.62. The third kappa shape index (κ3) is 3.58. The van der Waals surface area contributed by atoms with Gasteiger partial charge < -0.3 is 0 Å². The van der Waals surface area contributed by atoms with E-state index < -0.39 is 0 Å². The maximum absolute atomic E-state index is 5.26. The number of aromatic nitrogens is 6. The first kappa shape index (κ1) is 22.4. The van der Waals surface area contributed by atoms with E-state index in [1.165, 1.54) is 0 Å². The van der Waals surface area contributed by atoms with Crippen molar-refractivity contribution < 1.29 is 0 Å². The lowest BCUT2D eigenvalue weighted by molar-refractivity contribution is 1.22. The maximum atomic E-state index is 5.26. The third-order valence-corrected chi connectivity index (χ3v) is 7.23. The van der Waals surface area contributed by atoms with Crippen molar-refractivity contribution in [1.82, 2.24) is 29.9 Å². The summed E-state index contributed by atoms with van der Waals surface area (Å²) < 4.78 is 0. The van der Waals surface area contributed by atoms with Crippen LogP contribution in [-0.2, 0) is 0 Å². The fraction of sp³-hybridized carbons (Fsp3) is 0. The van der Waals surface area contributed by atoms with Gasteiger partial charge in [-0.25, -0.2) is 9.97 Å². The molecule has 0 bridgehead atoms. The zero-order chi connectivity index (χ0) is 26.5. The van der Waals surface area contributed by atoms with E-state index in [9.17, 15) is 0 Å². The Bertz CT molecular complexity index is 2160. The van der Waals surface area contributed by atoms with E-state index in [1.807, 2.05) is 73.1 Å². The molecule has 0 aliphatic carbocycles. The SMILES string of the molecule is c1ccc(-c2cc(-c3nc4ccccc4c4cnc5c(ccc6cccnc65)c34)cc(-c3ccccn3)n2)nc1. The second kappa shape index (κ2) is 8.99. The van der Waals surface area contributed by atoms with E-state index in [-0.39, 0.29) is 0 Å². The molecule has 2 aromatic carbocycles. The Kier molecular flexibility index (Phi) is 5.03. The molecule has 0 spiro atoms. The number of hydrogen-bond acceptors (Lipinski definition) is 6. The quantitative estimate of drug-likeness (QED) is 0.226. The molecule has 0 radical (unpaired) electrons. The van der Waals surface area contributed by atoms with Gasteiger partial charge >= 0.3 is 0 Å². The van der Waals surface area contributed by atoms with Crippen molar-refractivity contribution in [3.8, 4) is 34.0 Å². The first-order chi connectivity index (χ1) is 19.8. The van der Waals surface area contributed by atoms with Crippen LogP contribution in [0.5, 0.6) is 0 Å². The van der Waals surface area contributed by atoms with Gasteiger partial charge in [0.05, 0.1) is 45.0 Å². The minimum atomic E-state index is 0.757. The van der Waals surface area contributed by atoms with Crippen LogP contribution in [-0.4, -0.2) is 29.9 Å². The van der Waals surface area contributed by atoms with Crippen molar-refractivity contribution in [3.63, 3.8) is 0 Å². The molecule has 0 amide bonds. The monoisotopic (exact) mass is 512 g/mol. The summed E-state index contributed by atoms with van der Waals surface area (Å²) in [7, 11) is 0. The van der Waals surface area contributed by atoms with Crippen LogP contribution in [0.2, 0.25) is 0 Å². The van der Waals surface area contributed by atoms with E-state index >= 15 is 0 Å². The first-order valence-electron chi connectivity index (χ1n) is 13.0. The molecule has 0 saturated carbocycles. The van der Waals surface area contributed by atoms with Gasteiger partial charge in [-0.15, -0.1) is 0 Å². The zero-order valence-corrected chi connectivity index (χ0v) is 21.2. The molecule has 8 rings (SSSR count). The van der Waals surface area contributed by atoms with Crippen molar-refractivity contribution in [1.29, 1.82) is 0 Å². The molecule has 8 aromatic rings. The van der Waals surface area contributed by atoms with Gasteiger partial charge in [-0.3, -0.25) is 19.9 Å². The highest BCUT2D eigenvalue weighted by Gasteiger charge is 2.18. The minimum absolute atomic E-state index is 0.757. The Hall–Kier alpha value is -5.62. The Labute approximate surface area is 229 Å². The fourth-order valence-electron chi connectivity index (χ4n) is 5.40. The van der Waals surface area contributed by atoms with Crippen LogP contribution in [0.4, 0.5) is 0 Å². The number of pyridine rings is 6. The topological polar surface area (TPSA) is 77.3 Å². The van der Waals surface area contributed by atoms with Crippen LogP contribution in [0.1, 0.15) is 0 Å². The lowest BCUT2D eigenvalue weighted by Crippen LogP contribution is -1.97. The van der Waals surface area contributed by atoms with Crippen LogP contribution < -0.4 is 0 Å². The van der Waals surface area contributed by atoms with Crippen LogP contribution in [0.3, 0.4) is 0 Å². The number of hydrogen-bond donors (Lipinski definition) is 0. The summed E-state index contributed by atoms with van der Waals surface area (Å²) in [5, 5.41) is 5.18. The molecule has 6 heterocycles. The Morgan fingerprint density at radius 3 is 1.93 bits per heavy atom. The molecule has 40 heavy (non-hydrogen) atoms. The van der Waals surface area contributed by atoms with Gasteiger partial charge in [0.2, 0.25) is 0 Å². The maximum Gasteiger partial charge on any atom is 0.0971 e. The highest BCUT2D eigenvalue weighted by molar-refractivity contribution is 6.23. The largest absolute Gasteiger partial charge is 0.255 e. The first-order valence-corrected chi connectivity index (χ1v) is 13.0. The second-order valence-corrected chi connectivity index (χ2v) is 9.62. The van der Waals surface area contributed by atoms with Gasteiger partial charge in [0.15, 0.2) is 0 Å². The molecule has 0 fully saturated rings. The fourth-order valence-corrected chi connectivity index (χ4v) is 5.40. The summed E-state index contributed by atoms with van der Waals surface area (Å²) in [5.74, 6) is 0. The average Bonchev–Trinajstić information content (AvgIpc) is 3.04. The summed E-state index contributed by atoms with van der Waals surface area (Å²) in [5.41, 5.74) is 7.50. The average molecular weight is 513 g/mol. The van der Waals surface area contributed by atoms with E-state index in [4.69, 9.17) is 15.0 Å². The highest BCUT2D eigenvalue weighted by Crippen LogP contribution is 2.39. The predicted molar refractivity (Wildman–Crippen MR) is 160 cm³/mol. The molecule has 0 aliphatic rings. The number of rotatable bonds is 3. The van der Waals surface area contributed by atoms with Crippen molar-refractivity contribution in [2.24, 2.45) is 0 Å². The van der Waals surface area contributed by atoms with Crippen LogP contribution in [0.15, 0.2) is 122 Å². The van der Waals surface area contributed by atoms with Crippen molar-refractivity contribution >= 4 is 43.5 Å². The summed E-state index contributed by atoms with van der Waals surface area (Å²) in [6.45, 7) is 0. The van der Waals surface area contributed by atoms with Gasteiger partial charge in [0.25, 0.3) is 0 Å². The Morgan fingerprint density at radius 2 is 1.18 bits per heavy atom. The van der Waals surface area contributed by atoms with Gasteiger partial charge in [-0.1, -0.05) is 48.5 Å². The van der Waals surface area contributed by atoms with E-state index in [0.717, 1.165) is 77.5 Å². The lowest BCUT2D eigenvalue weighted by Gasteiger charge is -2.14. The number of nitrogens with zero attached hydrogens (tertiary/aromatic N) is 6. The Balaban J connectivity index is 1.52. The molecular weight excluding hydrogens is 492 g/mol.